The number of carbonyl (C=O) groups is 5. The van der Waals surface area contributed by atoms with Crippen molar-refractivity contribution in [1.29, 1.82) is 0 Å². The maximum atomic E-state index is 13.9. The lowest BCUT2D eigenvalue weighted by molar-refractivity contribution is -0.384. The van der Waals surface area contributed by atoms with Crippen molar-refractivity contribution in [2.24, 2.45) is 11.7 Å². The fourth-order valence-electron chi connectivity index (χ4n) is 8.76. The van der Waals surface area contributed by atoms with E-state index in [0.29, 0.717) is 5.56 Å². The van der Waals surface area contributed by atoms with Crippen LogP contribution in [0.3, 0.4) is 0 Å². The molecule has 1 saturated heterocycles. The van der Waals surface area contributed by atoms with Crippen LogP contribution in [0.4, 0.5) is 24.9 Å². The summed E-state index contributed by atoms with van der Waals surface area (Å²) in [6, 6.07) is -0.256. The summed E-state index contributed by atoms with van der Waals surface area (Å²) in [4.78, 5) is 77.8. The molecule has 0 spiro atoms. The average molecular weight is 1120 g/mol. The minimum atomic E-state index is -4.19. The van der Waals surface area contributed by atoms with Crippen molar-refractivity contribution in [1.82, 2.24) is 30.9 Å². The first-order valence-electron chi connectivity index (χ1n) is 25.0. The van der Waals surface area contributed by atoms with Gasteiger partial charge in [0.05, 0.1) is 48.1 Å². The van der Waals surface area contributed by atoms with Gasteiger partial charge in [-0.2, -0.15) is 0 Å². The molecule has 2 aliphatic heterocycles. The molecule has 4 rings (SSSR count). The number of nitro benzene ring substituents is 1. The van der Waals surface area contributed by atoms with Crippen molar-refractivity contribution >= 4 is 46.0 Å². The van der Waals surface area contributed by atoms with Crippen LogP contribution in [0.15, 0.2) is 36.1 Å². The molecular weight excluding hydrogens is 1040 g/mol. The zero-order valence-corrected chi connectivity index (χ0v) is 46.1. The van der Waals surface area contributed by atoms with E-state index in [1.165, 1.54) is 44.3 Å². The Hall–Kier alpha value is -5.66. The van der Waals surface area contributed by atoms with E-state index in [0.717, 1.165) is 4.90 Å². The molecule has 1 aromatic rings. The van der Waals surface area contributed by atoms with Gasteiger partial charge in [0.1, 0.15) is 59.2 Å². The Morgan fingerprint density at radius 1 is 0.896 bits per heavy atom. The van der Waals surface area contributed by atoms with Crippen molar-refractivity contribution in [2.45, 2.75) is 178 Å². The standard InChI is InChI=1S/C48H78N8O20S/c1-45(2,3)74-42(62)50-20-18-32(57)39(60)52-31-22-30(53-43(63)75-46(4,5)6)33(34(58)37(31)73-40-35(59)38(48(10,65)25-71-40)55(11)44(64)76-47(7,8)9)36-29(54-77(68,69)21-19-49)17-16-28(72-36)23-51-41(61)70-24-26-12-14-27(15-13-26)56(66)67/h12-16,29-38,40,54,57-59,65H,17-25,49H2,1-11H3,(H,50,62)(H,51,61)(H,52,60)(H,53,63)/t29-,30+,31-,32+,33?,34+,35-,36+,37+,38-,40-,48+/m1/s1. The van der Waals surface area contributed by atoms with E-state index < -0.39 is 153 Å². The Kier molecular flexibility index (Phi) is 21.8. The van der Waals surface area contributed by atoms with Gasteiger partial charge in [0.15, 0.2) is 6.29 Å². The maximum Gasteiger partial charge on any atom is 0.410 e. The average Bonchev–Trinajstić information content (AvgIpc) is 3.28. The zero-order valence-electron chi connectivity index (χ0n) is 45.3. The largest absolute Gasteiger partial charge is 0.491 e. The quantitative estimate of drug-likeness (QED) is 0.0522. The number of aliphatic hydroxyl groups excluding tert-OH is 3. The van der Waals surface area contributed by atoms with Crippen molar-refractivity contribution in [3.05, 3.63) is 51.8 Å². The van der Waals surface area contributed by atoms with E-state index in [1.807, 2.05) is 0 Å². The van der Waals surface area contributed by atoms with Crippen LogP contribution in [0.5, 0.6) is 0 Å². The number of nitro groups is 1. The molecule has 12 atom stereocenters. The molecule has 2 heterocycles. The highest BCUT2D eigenvalue weighted by Gasteiger charge is 2.57. The Morgan fingerprint density at radius 2 is 1.51 bits per heavy atom. The van der Waals surface area contributed by atoms with Crippen LogP contribution in [-0.4, -0.2) is 191 Å². The van der Waals surface area contributed by atoms with Gasteiger partial charge in [-0.05, 0) is 112 Å². The monoisotopic (exact) mass is 1120 g/mol. The summed E-state index contributed by atoms with van der Waals surface area (Å²) in [5, 5.41) is 68.9. The number of sulfonamides is 1. The SMILES string of the molecule is CN(C(=O)OC(C)(C)C)[C@@H]1[C@@H](O)[C@@H](O[C@H]2[C@H](NC(=O)[C@@H](O)CCNC(=O)OC(C)(C)C)C[C@H](NC(=O)OC(C)(C)C)C([C@H]3OC(CNC(=O)OCc4ccc([N+](=O)[O-])cc4)=CC[C@H]3NS(=O)(=O)CCN)[C@@H]2O)OC[C@]1(C)O. The number of nitrogens with zero attached hydrogens (tertiary/aromatic N) is 2. The number of likely N-dealkylation sites (N-methyl/N-ethyl adjacent to an activating group) is 1. The molecule has 1 aliphatic carbocycles. The molecular formula is C48H78N8O20S. The van der Waals surface area contributed by atoms with Crippen molar-refractivity contribution in [3.63, 3.8) is 0 Å². The van der Waals surface area contributed by atoms with Crippen molar-refractivity contribution in [3.8, 4) is 0 Å². The molecule has 1 aromatic carbocycles. The third-order valence-electron chi connectivity index (χ3n) is 12.0. The fourth-order valence-corrected chi connectivity index (χ4v) is 9.88. The van der Waals surface area contributed by atoms with Gasteiger partial charge in [-0.3, -0.25) is 14.9 Å². The maximum absolute atomic E-state index is 13.9. The fraction of sp³-hybridized carbons (Fsp3) is 0.729. The van der Waals surface area contributed by atoms with E-state index in [4.69, 9.17) is 38.9 Å². The highest BCUT2D eigenvalue weighted by atomic mass is 32.2. The number of amides is 5. The number of benzene rings is 1. The lowest BCUT2D eigenvalue weighted by atomic mass is 9.72. The van der Waals surface area contributed by atoms with Gasteiger partial charge in [0.2, 0.25) is 15.9 Å². The number of nitrogens with two attached hydrogens (primary N) is 1. The van der Waals surface area contributed by atoms with E-state index >= 15 is 0 Å². The van der Waals surface area contributed by atoms with Crippen molar-refractivity contribution < 1.29 is 90.9 Å². The minimum Gasteiger partial charge on any atom is -0.491 e. The lowest BCUT2D eigenvalue weighted by Crippen LogP contribution is -2.71. The second kappa shape index (κ2) is 26.3. The molecule has 1 unspecified atom stereocenters. The summed E-state index contributed by atoms with van der Waals surface area (Å²) in [5.41, 5.74) is 1.03. The molecule has 0 aromatic heterocycles. The summed E-state index contributed by atoms with van der Waals surface area (Å²) in [7, 11) is -2.92. The smallest absolute Gasteiger partial charge is 0.410 e. The number of carbonyl (C=O) groups excluding carboxylic acids is 5. The van der Waals surface area contributed by atoms with Gasteiger partial charge in [0.25, 0.3) is 5.69 Å². The Bertz CT molecular complexity index is 2360. The molecule has 436 valence electrons. The molecule has 3 aliphatic rings. The third-order valence-corrected chi connectivity index (χ3v) is 13.4. The van der Waals surface area contributed by atoms with Gasteiger partial charge in [-0.1, -0.05) is 0 Å². The van der Waals surface area contributed by atoms with Crippen LogP contribution < -0.4 is 31.7 Å². The molecule has 29 heteroatoms. The first-order chi connectivity index (χ1) is 35.5. The Labute approximate surface area is 447 Å². The molecule has 5 amide bonds. The van der Waals surface area contributed by atoms with E-state index in [9.17, 15) is 62.9 Å². The van der Waals surface area contributed by atoms with Crippen LogP contribution in [0, 0.1) is 16.0 Å². The summed E-state index contributed by atoms with van der Waals surface area (Å²) in [6.45, 7) is 14.0. The van der Waals surface area contributed by atoms with Gasteiger partial charge >= 0.3 is 24.4 Å². The first kappa shape index (κ1) is 63.9. The highest BCUT2D eigenvalue weighted by Crippen LogP contribution is 2.39. The van der Waals surface area contributed by atoms with Gasteiger partial charge in [-0.15, -0.1) is 0 Å². The summed E-state index contributed by atoms with van der Waals surface area (Å²) in [6.07, 6.45) is -13.9. The zero-order chi connectivity index (χ0) is 58.0. The number of ether oxygens (including phenoxy) is 7. The van der Waals surface area contributed by atoms with Gasteiger partial charge in [-0.25, -0.2) is 32.3 Å². The lowest BCUT2D eigenvalue weighted by Gasteiger charge is -2.52. The number of rotatable bonds is 19. The van der Waals surface area contributed by atoms with Gasteiger partial charge in [0, 0.05) is 44.2 Å². The summed E-state index contributed by atoms with van der Waals surface area (Å²) in [5.74, 6) is -3.05. The second-order valence-electron chi connectivity index (χ2n) is 22.2. The van der Waals surface area contributed by atoms with Gasteiger partial charge < -0.3 is 85.5 Å². The van der Waals surface area contributed by atoms with Crippen LogP contribution in [-0.2, 0) is 54.6 Å². The van der Waals surface area contributed by atoms with Crippen LogP contribution >= 0.6 is 0 Å². The number of aliphatic hydroxyl groups is 4. The molecule has 0 bridgehead atoms. The normalized spacial score (nSPS) is 27.3. The number of alkyl carbamates (subject to hydrolysis) is 3. The minimum absolute atomic E-state index is 0.0251. The molecule has 11 N–H and O–H groups in total. The van der Waals surface area contributed by atoms with Crippen LogP contribution in [0.1, 0.15) is 94.1 Å². The Morgan fingerprint density at radius 3 is 2.09 bits per heavy atom. The number of hydrogen-bond acceptors (Lipinski definition) is 21. The topological polar surface area (TPSA) is 398 Å². The molecule has 77 heavy (non-hydrogen) atoms. The number of non-ortho nitro benzene ring substituents is 1. The summed E-state index contributed by atoms with van der Waals surface area (Å²) >= 11 is 0. The van der Waals surface area contributed by atoms with Crippen molar-refractivity contribution in [2.75, 3.05) is 39.0 Å². The Balaban J connectivity index is 1.77. The predicted molar refractivity (Wildman–Crippen MR) is 272 cm³/mol. The predicted octanol–water partition coefficient (Wildman–Crippen LogP) is 0.864. The molecule has 1 saturated carbocycles. The molecule has 0 radical (unpaired) electrons. The summed E-state index contributed by atoms with van der Waals surface area (Å²) < 4.78 is 69.8. The van der Waals surface area contributed by atoms with E-state index in [1.54, 1.807) is 62.3 Å². The third kappa shape index (κ3) is 19.6. The highest BCUT2D eigenvalue weighted by molar-refractivity contribution is 7.89. The van der Waals surface area contributed by atoms with Crippen LogP contribution in [0.25, 0.3) is 0 Å². The molecule has 28 nitrogen and oxygen atoms in total. The number of hydrogen-bond donors (Lipinski definition) is 10. The molecule has 2 fully saturated rings. The first-order valence-corrected chi connectivity index (χ1v) is 26.6. The van der Waals surface area contributed by atoms with E-state index in [-0.39, 0.29) is 50.5 Å². The number of nitrogens with one attached hydrogen (secondary N) is 5. The van der Waals surface area contributed by atoms with E-state index in [2.05, 4.69) is 26.0 Å². The van der Waals surface area contributed by atoms with Crippen LogP contribution in [0.2, 0.25) is 0 Å². The second-order valence-corrected chi connectivity index (χ2v) is 24.1.